The van der Waals surface area contributed by atoms with Crippen molar-refractivity contribution < 1.29 is 4.39 Å². The molecule has 24 heavy (non-hydrogen) atoms. The van der Waals surface area contributed by atoms with Crippen molar-refractivity contribution >= 4 is 38.5 Å². The summed E-state index contributed by atoms with van der Waals surface area (Å²) in [4.78, 5) is 4.53. The molecule has 118 valence electrons. The first-order valence-electron chi connectivity index (χ1n) is 7.00. The molecule has 0 saturated carbocycles. The van der Waals surface area contributed by atoms with Gasteiger partial charge in [-0.05, 0) is 36.4 Å². The lowest BCUT2D eigenvalue weighted by atomic mass is 10.2. The third-order valence-electron chi connectivity index (χ3n) is 3.20. The van der Waals surface area contributed by atoms with E-state index in [1.807, 2.05) is 29.6 Å². The number of allylic oxidation sites excluding steroid dienone is 1. The molecule has 0 radical (unpaired) electrons. The summed E-state index contributed by atoms with van der Waals surface area (Å²) in [6.07, 6.45) is 1.58. The molecule has 0 aliphatic carbocycles. The Morgan fingerprint density at radius 1 is 1.25 bits per heavy atom. The molecule has 0 spiro atoms. The highest BCUT2D eigenvalue weighted by Crippen LogP contribution is 2.27. The zero-order chi connectivity index (χ0) is 16.9. The summed E-state index contributed by atoms with van der Waals surface area (Å²) in [6.45, 7) is 0. The molecule has 6 heteroatoms. The number of nitrogens with zero attached hydrogens (tertiary/aromatic N) is 2. The predicted octanol–water partition coefficient (Wildman–Crippen LogP) is 5.69. The topological polar surface area (TPSA) is 48.7 Å². The van der Waals surface area contributed by atoms with Crippen LogP contribution in [0.4, 0.5) is 10.1 Å². The van der Waals surface area contributed by atoms with Crippen LogP contribution in [0, 0.1) is 17.1 Å². The van der Waals surface area contributed by atoms with Gasteiger partial charge in [0, 0.05) is 27.3 Å². The Hall–Kier alpha value is -2.49. The Kier molecular flexibility index (Phi) is 5.04. The van der Waals surface area contributed by atoms with Crippen LogP contribution in [0.1, 0.15) is 5.01 Å². The highest BCUT2D eigenvalue weighted by Gasteiger charge is 2.09. The standard InChI is InChI=1S/C18H11BrFN3S/c19-14-3-1-2-12(8-14)17-11-24-18(23-17)13(9-21)10-22-16-6-4-15(20)5-7-16/h1-8,10-11,22H/b13-10+. The van der Waals surface area contributed by atoms with E-state index in [1.165, 1.54) is 23.5 Å². The van der Waals surface area contributed by atoms with E-state index in [9.17, 15) is 9.65 Å². The van der Waals surface area contributed by atoms with Crippen molar-refractivity contribution in [1.29, 1.82) is 5.26 Å². The molecule has 3 aromatic rings. The maximum atomic E-state index is 12.9. The molecule has 2 aromatic carbocycles. The number of hydrogen-bond donors (Lipinski definition) is 1. The Bertz CT molecular complexity index is 926. The minimum Gasteiger partial charge on any atom is -0.360 e. The van der Waals surface area contributed by atoms with Crippen LogP contribution in [0.3, 0.4) is 0 Å². The minimum absolute atomic E-state index is 0.302. The van der Waals surface area contributed by atoms with E-state index in [1.54, 1.807) is 18.3 Å². The van der Waals surface area contributed by atoms with Gasteiger partial charge >= 0.3 is 0 Å². The van der Waals surface area contributed by atoms with Gasteiger partial charge in [-0.1, -0.05) is 28.1 Å². The lowest BCUT2D eigenvalue weighted by molar-refractivity contribution is 0.628. The zero-order valence-electron chi connectivity index (χ0n) is 12.3. The molecule has 0 aliphatic heterocycles. The Balaban J connectivity index is 1.83. The average molecular weight is 400 g/mol. The van der Waals surface area contributed by atoms with Crippen LogP contribution in [-0.4, -0.2) is 4.98 Å². The molecular formula is C18H11BrFN3S. The molecule has 0 unspecified atom stereocenters. The number of thiazole rings is 1. The number of nitriles is 1. The van der Waals surface area contributed by atoms with E-state index in [0.717, 1.165) is 15.7 Å². The van der Waals surface area contributed by atoms with Crippen molar-refractivity contribution in [2.45, 2.75) is 0 Å². The number of benzene rings is 2. The summed E-state index contributed by atoms with van der Waals surface area (Å²) >= 11 is 4.84. The van der Waals surface area contributed by atoms with Crippen LogP contribution in [-0.2, 0) is 0 Å². The van der Waals surface area contributed by atoms with Crippen LogP contribution >= 0.6 is 27.3 Å². The monoisotopic (exact) mass is 399 g/mol. The van der Waals surface area contributed by atoms with Crippen LogP contribution in [0.2, 0.25) is 0 Å². The number of aromatic nitrogens is 1. The fraction of sp³-hybridized carbons (Fsp3) is 0. The number of halogens is 2. The van der Waals surface area contributed by atoms with Crippen molar-refractivity contribution in [2.75, 3.05) is 5.32 Å². The number of rotatable bonds is 4. The van der Waals surface area contributed by atoms with E-state index in [2.05, 4.69) is 32.3 Å². The maximum Gasteiger partial charge on any atom is 0.136 e. The van der Waals surface area contributed by atoms with Crippen molar-refractivity contribution in [2.24, 2.45) is 0 Å². The molecule has 3 nitrogen and oxygen atoms in total. The van der Waals surface area contributed by atoms with Gasteiger partial charge in [0.25, 0.3) is 0 Å². The third kappa shape index (κ3) is 3.88. The molecule has 0 atom stereocenters. The second kappa shape index (κ2) is 7.39. The van der Waals surface area contributed by atoms with Crippen LogP contribution in [0.15, 0.2) is 64.6 Å². The van der Waals surface area contributed by atoms with Crippen molar-refractivity contribution in [1.82, 2.24) is 4.98 Å². The second-order valence-electron chi connectivity index (χ2n) is 4.87. The van der Waals surface area contributed by atoms with Crippen molar-refractivity contribution in [3.63, 3.8) is 0 Å². The molecule has 1 heterocycles. The third-order valence-corrected chi connectivity index (χ3v) is 4.57. The second-order valence-corrected chi connectivity index (χ2v) is 6.64. The molecule has 0 bridgehead atoms. The first-order valence-corrected chi connectivity index (χ1v) is 8.67. The normalized spacial score (nSPS) is 11.1. The van der Waals surface area contributed by atoms with E-state index in [0.29, 0.717) is 16.3 Å². The first kappa shape index (κ1) is 16.4. The van der Waals surface area contributed by atoms with Gasteiger partial charge in [0.15, 0.2) is 0 Å². The van der Waals surface area contributed by atoms with Gasteiger partial charge in [0.1, 0.15) is 22.5 Å². The number of anilines is 1. The number of nitrogens with one attached hydrogen (secondary N) is 1. The summed E-state index contributed by atoms with van der Waals surface area (Å²) in [6, 6.07) is 15.9. The van der Waals surface area contributed by atoms with E-state index in [4.69, 9.17) is 0 Å². The molecule has 1 aromatic heterocycles. The number of hydrogen-bond acceptors (Lipinski definition) is 4. The summed E-state index contributed by atoms with van der Waals surface area (Å²) in [7, 11) is 0. The quantitative estimate of drug-likeness (QED) is 0.573. The SMILES string of the molecule is N#C/C(=C\Nc1ccc(F)cc1)c1nc(-c2cccc(Br)c2)cs1. The fourth-order valence-corrected chi connectivity index (χ4v) is 3.22. The first-order chi connectivity index (χ1) is 11.7. The van der Waals surface area contributed by atoms with Gasteiger partial charge in [-0.25, -0.2) is 9.37 Å². The lowest BCUT2D eigenvalue weighted by Crippen LogP contribution is -1.91. The highest BCUT2D eigenvalue weighted by molar-refractivity contribution is 9.10. The average Bonchev–Trinajstić information content (AvgIpc) is 3.07. The van der Waals surface area contributed by atoms with E-state index >= 15 is 0 Å². The molecule has 0 amide bonds. The van der Waals surface area contributed by atoms with Crippen LogP contribution < -0.4 is 5.32 Å². The van der Waals surface area contributed by atoms with Gasteiger partial charge in [-0.3, -0.25) is 0 Å². The summed E-state index contributed by atoms with van der Waals surface area (Å²) in [5, 5.41) is 14.9. The van der Waals surface area contributed by atoms with E-state index in [-0.39, 0.29) is 5.82 Å². The summed E-state index contributed by atoms with van der Waals surface area (Å²) in [5.74, 6) is -0.302. The van der Waals surface area contributed by atoms with Gasteiger partial charge in [0.2, 0.25) is 0 Å². The van der Waals surface area contributed by atoms with Gasteiger partial charge in [0.05, 0.1) is 5.69 Å². The molecule has 3 rings (SSSR count). The Morgan fingerprint density at radius 2 is 2.04 bits per heavy atom. The lowest BCUT2D eigenvalue weighted by Gasteiger charge is -2.01. The smallest absolute Gasteiger partial charge is 0.136 e. The highest BCUT2D eigenvalue weighted by atomic mass is 79.9. The summed E-state index contributed by atoms with van der Waals surface area (Å²) in [5.41, 5.74) is 2.92. The molecule has 0 saturated heterocycles. The molecule has 1 N–H and O–H groups in total. The van der Waals surface area contributed by atoms with Gasteiger partial charge in [-0.2, -0.15) is 5.26 Å². The van der Waals surface area contributed by atoms with Crippen molar-refractivity contribution in [3.8, 4) is 17.3 Å². The van der Waals surface area contributed by atoms with Gasteiger partial charge < -0.3 is 5.32 Å². The summed E-state index contributed by atoms with van der Waals surface area (Å²) < 4.78 is 13.9. The molecule has 0 aliphatic rings. The molecule has 0 fully saturated rings. The van der Waals surface area contributed by atoms with E-state index < -0.39 is 0 Å². The van der Waals surface area contributed by atoms with Crippen LogP contribution in [0.25, 0.3) is 16.8 Å². The van der Waals surface area contributed by atoms with Gasteiger partial charge in [-0.15, -0.1) is 11.3 Å². The predicted molar refractivity (Wildman–Crippen MR) is 98.9 cm³/mol. The zero-order valence-corrected chi connectivity index (χ0v) is 14.7. The fourth-order valence-electron chi connectivity index (χ4n) is 2.02. The van der Waals surface area contributed by atoms with Crippen LogP contribution in [0.5, 0.6) is 0 Å². The maximum absolute atomic E-state index is 12.9. The largest absolute Gasteiger partial charge is 0.360 e. The van der Waals surface area contributed by atoms with Crippen molar-refractivity contribution in [3.05, 3.63) is 75.4 Å². The Labute approximate surface area is 151 Å². The molecular weight excluding hydrogens is 389 g/mol. The Morgan fingerprint density at radius 3 is 2.75 bits per heavy atom. The minimum atomic E-state index is -0.302.